The van der Waals surface area contributed by atoms with Crippen LogP contribution in [0.4, 0.5) is 4.79 Å². The second-order valence-corrected chi connectivity index (χ2v) is 3.61. The minimum absolute atomic E-state index is 0.270. The van der Waals surface area contributed by atoms with Gasteiger partial charge < -0.3 is 16.0 Å². The van der Waals surface area contributed by atoms with Crippen LogP contribution in [0.15, 0.2) is 0 Å². The monoisotopic (exact) mass is 155 g/mol. The van der Waals surface area contributed by atoms with Crippen LogP contribution in [0.5, 0.6) is 0 Å². The first-order valence-electron chi connectivity index (χ1n) is 3.97. The van der Waals surface area contributed by atoms with Gasteiger partial charge in [-0.25, -0.2) is 4.79 Å². The lowest BCUT2D eigenvalue weighted by molar-refractivity contribution is 0.170. The van der Waals surface area contributed by atoms with Crippen molar-refractivity contribution in [3.05, 3.63) is 0 Å². The number of likely N-dealkylation sites (tertiary alicyclic amines) is 1. The summed E-state index contributed by atoms with van der Waals surface area (Å²) in [6, 6.07) is -0.270. The number of rotatable bonds is 0. The number of nitrogens with zero attached hydrogens (tertiary/aromatic N) is 1. The molecule has 4 nitrogen and oxygen atoms in total. The number of hydrogen-bond acceptors (Lipinski definition) is 2. The van der Waals surface area contributed by atoms with Crippen LogP contribution < -0.4 is 11.1 Å². The Morgan fingerprint density at radius 1 is 1.55 bits per heavy atom. The molecule has 0 aliphatic carbocycles. The van der Waals surface area contributed by atoms with Gasteiger partial charge >= 0.3 is 6.03 Å². The van der Waals surface area contributed by atoms with Crippen molar-refractivity contribution < 1.29 is 4.79 Å². The highest BCUT2D eigenvalue weighted by molar-refractivity contribution is 5.72. The minimum atomic E-state index is -0.270. The summed E-state index contributed by atoms with van der Waals surface area (Å²) in [4.78, 5) is 12.5. The fraction of sp³-hybridized carbons (Fsp3) is 0.857. The van der Waals surface area contributed by atoms with Gasteiger partial charge in [-0.15, -0.1) is 0 Å². The number of carbonyl (C=O) groups is 1. The van der Waals surface area contributed by atoms with Crippen LogP contribution in [0.1, 0.15) is 6.42 Å². The summed E-state index contributed by atoms with van der Waals surface area (Å²) in [5.74, 6) is 0. The maximum Gasteiger partial charge on any atom is 0.314 e. The Kier molecular flexibility index (Phi) is 1.32. The van der Waals surface area contributed by atoms with E-state index in [1.54, 1.807) is 4.90 Å². The summed E-state index contributed by atoms with van der Waals surface area (Å²) in [5, 5.41) is 3.22. The smallest absolute Gasteiger partial charge is 0.314 e. The van der Waals surface area contributed by atoms with E-state index in [0.29, 0.717) is 5.41 Å². The summed E-state index contributed by atoms with van der Waals surface area (Å²) in [5.41, 5.74) is 5.55. The molecule has 0 aromatic rings. The highest BCUT2D eigenvalue weighted by Gasteiger charge is 2.43. The predicted molar refractivity (Wildman–Crippen MR) is 41.1 cm³/mol. The van der Waals surface area contributed by atoms with Crippen LogP contribution in [0.3, 0.4) is 0 Å². The third-order valence-electron chi connectivity index (χ3n) is 2.75. The molecule has 2 heterocycles. The van der Waals surface area contributed by atoms with Gasteiger partial charge in [-0.1, -0.05) is 0 Å². The summed E-state index contributed by atoms with van der Waals surface area (Å²) in [6.07, 6.45) is 1.11. The fourth-order valence-electron chi connectivity index (χ4n) is 1.89. The van der Waals surface area contributed by atoms with Crippen LogP contribution in [0.2, 0.25) is 0 Å². The summed E-state index contributed by atoms with van der Waals surface area (Å²) < 4.78 is 0. The van der Waals surface area contributed by atoms with Crippen LogP contribution in [0, 0.1) is 5.41 Å². The van der Waals surface area contributed by atoms with E-state index in [4.69, 9.17) is 5.73 Å². The average molecular weight is 155 g/mol. The van der Waals surface area contributed by atoms with Gasteiger partial charge in [0.05, 0.1) is 0 Å². The zero-order valence-corrected chi connectivity index (χ0v) is 6.47. The number of carbonyl (C=O) groups excluding carboxylic acids is 1. The van der Waals surface area contributed by atoms with Crippen molar-refractivity contribution in [2.45, 2.75) is 6.42 Å². The molecule has 2 aliphatic heterocycles. The first-order chi connectivity index (χ1) is 5.22. The fourth-order valence-corrected chi connectivity index (χ4v) is 1.89. The number of urea groups is 1. The Balaban J connectivity index is 1.98. The largest absolute Gasteiger partial charge is 0.351 e. The zero-order chi connectivity index (χ0) is 7.90. The first-order valence-corrected chi connectivity index (χ1v) is 3.97. The minimum Gasteiger partial charge on any atom is -0.351 e. The van der Waals surface area contributed by atoms with E-state index < -0.39 is 0 Å². The molecule has 2 rings (SSSR count). The van der Waals surface area contributed by atoms with Crippen LogP contribution >= 0.6 is 0 Å². The van der Waals surface area contributed by atoms with Crippen LogP contribution in [-0.4, -0.2) is 37.1 Å². The zero-order valence-electron chi connectivity index (χ0n) is 6.47. The molecule has 2 fully saturated rings. The van der Waals surface area contributed by atoms with Crippen LogP contribution in [-0.2, 0) is 0 Å². The Bertz CT molecular complexity index is 188. The SMILES string of the molecule is NC(=O)N1CCC2(CNC2)C1. The van der Waals surface area contributed by atoms with Crippen molar-refractivity contribution in [2.24, 2.45) is 11.1 Å². The normalized spacial score (nSPS) is 27.1. The van der Waals surface area contributed by atoms with Crippen molar-refractivity contribution in [3.63, 3.8) is 0 Å². The highest BCUT2D eigenvalue weighted by Crippen LogP contribution is 2.33. The standard InChI is InChI=1S/C7H13N3O/c8-6(11)10-2-1-7(5-10)3-9-4-7/h9H,1-5H2,(H2,8,11). The van der Waals surface area contributed by atoms with Gasteiger partial charge in [0.2, 0.25) is 0 Å². The van der Waals surface area contributed by atoms with Gasteiger partial charge in [-0.05, 0) is 6.42 Å². The third-order valence-corrected chi connectivity index (χ3v) is 2.75. The van der Waals surface area contributed by atoms with Crippen molar-refractivity contribution in [1.29, 1.82) is 0 Å². The topological polar surface area (TPSA) is 58.4 Å². The molecule has 62 valence electrons. The van der Waals surface area contributed by atoms with Crippen molar-refractivity contribution >= 4 is 6.03 Å². The number of nitrogens with one attached hydrogen (secondary N) is 1. The van der Waals surface area contributed by atoms with E-state index in [1.165, 1.54) is 0 Å². The molecule has 2 amide bonds. The quantitative estimate of drug-likeness (QED) is 0.489. The second kappa shape index (κ2) is 2.11. The Hall–Kier alpha value is -0.770. The summed E-state index contributed by atoms with van der Waals surface area (Å²) in [7, 11) is 0. The molecular weight excluding hydrogens is 142 g/mol. The maximum atomic E-state index is 10.8. The lowest BCUT2D eigenvalue weighted by Gasteiger charge is -2.38. The lowest BCUT2D eigenvalue weighted by Crippen LogP contribution is -2.55. The molecule has 11 heavy (non-hydrogen) atoms. The average Bonchev–Trinajstić information content (AvgIpc) is 2.28. The maximum absolute atomic E-state index is 10.8. The summed E-state index contributed by atoms with van der Waals surface area (Å²) >= 11 is 0. The van der Waals surface area contributed by atoms with Gasteiger partial charge in [0, 0.05) is 31.6 Å². The van der Waals surface area contributed by atoms with Crippen molar-refractivity contribution in [3.8, 4) is 0 Å². The van der Waals surface area contributed by atoms with E-state index in [0.717, 1.165) is 32.6 Å². The molecule has 0 unspecified atom stereocenters. The van der Waals surface area contributed by atoms with E-state index in [9.17, 15) is 4.79 Å². The Labute approximate surface area is 65.7 Å². The second-order valence-electron chi connectivity index (χ2n) is 3.61. The summed E-state index contributed by atoms with van der Waals surface area (Å²) in [6.45, 7) is 3.81. The number of primary amides is 1. The van der Waals surface area contributed by atoms with Crippen molar-refractivity contribution in [1.82, 2.24) is 10.2 Å². The predicted octanol–water partition coefficient (Wildman–Crippen LogP) is -0.640. The molecule has 0 radical (unpaired) electrons. The molecule has 2 aliphatic rings. The third kappa shape index (κ3) is 0.976. The number of amides is 2. The van der Waals surface area contributed by atoms with E-state index in [-0.39, 0.29) is 6.03 Å². The first kappa shape index (κ1) is 6.91. The molecule has 0 aromatic heterocycles. The molecule has 0 saturated carbocycles. The molecule has 0 bridgehead atoms. The Morgan fingerprint density at radius 3 is 2.55 bits per heavy atom. The molecular formula is C7H13N3O. The number of hydrogen-bond donors (Lipinski definition) is 2. The van der Waals surface area contributed by atoms with E-state index in [1.807, 2.05) is 0 Å². The molecule has 0 atom stereocenters. The highest BCUT2D eigenvalue weighted by atomic mass is 16.2. The van der Waals surface area contributed by atoms with Crippen molar-refractivity contribution in [2.75, 3.05) is 26.2 Å². The lowest BCUT2D eigenvalue weighted by atomic mass is 9.81. The van der Waals surface area contributed by atoms with Gasteiger partial charge in [-0.2, -0.15) is 0 Å². The van der Waals surface area contributed by atoms with E-state index in [2.05, 4.69) is 5.32 Å². The van der Waals surface area contributed by atoms with Gasteiger partial charge in [0.15, 0.2) is 0 Å². The Morgan fingerprint density at radius 2 is 2.27 bits per heavy atom. The molecule has 0 aromatic carbocycles. The molecule has 3 N–H and O–H groups in total. The van der Waals surface area contributed by atoms with Gasteiger partial charge in [0.25, 0.3) is 0 Å². The van der Waals surface area contributed by atoms with E-state index >= 15 is 0 Å². The van der Waals surface area contributed by atoms with Gasteiger partial charge in [-0.3, -0.25) is 0 Å². The molecule has 1 spiro atoms. The number of nitrogens with two attached hydrogens (primary N) is 1. The van der Waals surface area contributed by atoms with Gasteiger partial charge in [0.1, 0.15) is 0 Å². The van der Waals surface area contributed by atoms with Crippen LogP contribution in [0.25, 0.3) is 0 Å². The molecule has 4 heteroatoms. The molecule has 2 saturated heterocycles.